The summed E-state index contributed by atoms with van der Waals surface area (Å²) in [7, 11) is 0. The third-order valence-electron chi connectivity index (χ3n) is 3.36. The van der Waals surface area contributed by atoms with Crippen molar-refractivity contribution in [3.8, 4) is 0 Å². The molecule has 1 heterocycles. The van der Waals surface area contributed by atoms with Crippen molar-refractivity contribution in [3.63, 3.8) is 0 Å². The van der Waals surface area contributed by atoms with E-state index in [1.165, 1.54) is 6.33 Å². The molecule has 120 valence electrons. The fourth-order valence-corrected chi connectivity index (χ4v) is 2.17. The van der Waals surface area contributed by atoms with Gasteiger partial charge in [-0.05, 0) is 31.2 Å². The van der Waals surface area contributed by atoms with E-state index in [2.05, 4.69) is 20.6 Å². The molecule has 0 atom stereocenters. The van der Waals surface area contributed by atoms with Crippen LogP contribution in [0.25, 0.3) is 0 Å². The average Bonchev–Trinajstić information content (AvgIpc) is 2.58. The molecule has 3 aromatic rings. The van der Waals surface area contributed by atoms with Crippen LogP contribution >= 0.6 is 0 Å². The average molecular weight is 321 g/mol. The van der Waals surface area contributed by atoms with Crippen LogP contribution in [0.15, 0.2) is 60.9 Å². The van der Waals surface area contributed by atoms with Gasteiger partial charge in [0.1, 0.15) is 6.33 Å². The smallest absolute Gasteiger partial charge is 0.334 e. The lowest BCUT2D eigenvalue weighted by Crippen LogP contribution is -2.05. The maximum Gasteiger partial charge on any atom is 0.353 e. The second-order valence-corrected chi connectivity index (χ2v) is 5.16. The number of para-hydroxylation sites is 1. The molecule has 0 fully saturated rings. The first-order valence-corrected chi connectivity index (χ1v) is 7.28. The molecule has 3 rings (SSSR count). The SMILES string of the molecule is Cc1ccc(Nc2ncnc(Nc3ccccc3)c2[N+](=O)[O-])cc1. The fourth-order valence-electron chi connectivity index (χ4n) is 2.17. The Morgan fingerprint density at radius 2 is 1.42 bits per heavy atom. The molecule has 0 aliphatic rings. The largest absolute Gasteiger partial charge is 0.353 e. The molecule has 7 nitrogen and oxygen atoms in total. The first kappa shape index (κ1) is 15.4. The second kappa shape index (κ2) is 6.74. The first-order chi connectivity index (χ1) is 11.6. The van der Waals surface area contributed by atoms with Crippen LogP contribution < -0.4 is 10.6 Å². The molecule has 0 aliphatic heterocycles. The minimum Gasteiger partial charge on any atom is -0.334 e. The number of hydrogen-bond donors (Lipinski definition) is 2. The topological polar surface area (TPSA) is 93.0 Å². The highest BCUT2D eigenvalue weighted by atomic mass is 16.6. The van der Waals surface area contributed by atoms with Crippen molar-refractivity contribution in [1.29, 1.82) is 0 Å². The van der Waals surface area contributed by atoms with Gasteiger partial charge in [-0.3, -0.25) is 10.1 Å². The van der Waals surface area contributed by atoms with Crippen LogP contribution in [0, 0.1) is 17.0 Å². The Kier molecular flexibility index (Phi) is 4.33. The van der Waals surface area contributed by atoms with Gasteiger partial charge in [-0.2, -0.15) is 0 Å². The number of aromatic nitrogens is 2. The van der Waals surface area contributed by atoms with Gasteiger partial charge in [-0.25, -0.2) is 9.97 Å². The number of hydrogen-bond acceptors (Lipinski definition) is 6. The second-order valence-electron chi connectivity index (χ2n) is 5.16. The third kappa shape index (κ3) is 3.46. The van der Waals surface area contributed by atoms with Crippen molar-refractivity contribution in [2.45, 2.75) is 6.92 Å². The first-order valence-electron chi connectivity index (χ1n) is 7.28. The van der Waals surface area contributed by atoms with Gasteiger partial charge in [0.15, 0.2) is 0 Å². The maximum absolute atomic E-state index is 11.5. The van der Waals surface area contributed by atoms with E-state index < -0.39 is 4.92 Å². The third-order valence-corrected chi connectivity index (χ3v) is 3.36. The zero-order chi connectivity index (χ0) is 16.9. The van der Waals surface area contributed by atoms with Gasteiger partial charge in [0.05, 0.1) is 4.92 Å². The van der Waals surface area contributed by atoms with E-state index in [1.807, 2.05) is 49.4 Å². The number of rotatable bonds is 5. The Morgan fingerprint density at radius 1 is 0.875 bits per heavy atom. The number of benzene rings is 2. The minimum absolute atomic E-state index is 0.135. The molecule has 2 N–H and O–H groups in total. The van der Waals surface area contributed by atoms with Crippen LogP contribution in [0.5, 0.6) is 0 Å². The predicted octanol–water partition coefficient (Wildman–Crippen LogP) is 4.18. The molecule has 2 aromatic carbocycles. The lowest BCUT2D eigenvalue weighted by molar-refractivity contribution is -0.383. The van der Waals surface area contributed by atoms with E-state index in [-0.39, 0.29) is 17.3 Å². The van der Waals surface area contributed by atoms with E-state index in [9.17, 15) is 10.1 Å². The Bertz CT molecular complexity index is 851. The summed E-state index contributed by atoms with van der Waals surface area (Å²) in [5.74, 6) is 0.271. The lowest BCUT2D eigenvalue weighted by atomic mass is 10.2. The Hall–Kier alpha value is -3.48. The van der Waals surface area contributed by atoms with E-state index >= 15 is 0 Å². The monoisotopic (exact) mass is 321 g/mol. The van der Waals surface area contributed by atoms with Crippen LogP contribution in [-0.4, -0.2) is 14.9 Å². The maximum atomic E-state index is 11.5. The molecule has 1 aromatic heterocycles. The predicted molar refractivity (Wildman–Crippen MR) is 92.9 cm³/mol. The zero-order valence-electron chi connectivity index (χ0n) is 12.9. The molecule has 0 bridgehead atoms. The van der Waals surface area contributed by atoms with Crippen molar-refractivity contribution in [2.75, 3.05) is 10.6 Å². The van der Waals surface area contributed by atoms with Gasteiger partial charge in [-0.15, -0.1) is 0 Å². The summed E-state index contributed by atoms with van der Waals surface area (Å²) < 4.78 is 0. The number of nitro groups is 1. The highest BCUT2D eigenvalue weighted by molar-refractivity contribution is 5.76. The van der Waals surface area contributed by atoms with Crippen LogP contribution in [0.2, 0.25) is 0 Å². The zero-order valence-corrected chi connectivity index (χ0v) is 12.9. The van der Waals surface area contributed by atoms with Crippen LogP contribution in [0.1, 0.15) is 5.56 Å². The van der Waals surface area contributed by atoms with Crippen LogP contribution in [0.3, 0.4) is 0 Å². The highest BCUT2D eigenvalue weighted by Gasteiger charge is 2.23. The van der Waals surface area contributed by atoms with Gasteiger partial charge in [-0.1, -0.05) is 35.9 Å². The molecule has 0 saturated heterocycles. The molecule has 0 saturated carbocycles. The minimum atomic E-state index is -0.498. The summed E-state index contributed by atoms with van der Waals surface area (Å²) in [5, 5.41) is 17.5. The van der Waals surface area contributed by atoms with Crippen molar-refractivity contribution in [2.24, 2.45) is 0 Å². The molecular formula is C17H15N5O2. The number of aryl methyl sites for hydroxylation is 1. The van der Waals surface area contributed by atoms with Crippen LogP contribution in [0.4, 0.5) is 28.7 Å². The fraction of sp³-hybridized carbons (Fsp3) is 0.0588. The van der Waals surface area contributed by atoms with E-state index in [1.54, 1.807) is 12.1 Å². The molecule has 0 amide bonds. The molecule has 0 spiro atoms. The molecule has 24 heavy (non-hydrogen) atoms. The Labute approximate surface area is 138 Å². The van der Waals surface area contributed by atoms with Gasteiger partial charge < -0.3 is 10.6 Å². The van der Waals surface area contributed by atoms with Gasteiger partial charge >= 0.3 is 5.69 Å². The quantitative estimate of drug-likeness (QED) is 0.541. The van der Waals surface area contributed by atoms with E-state index in [4.69, 9.17) is 0 Å². The number of nitrogens with one attached hydrogen (secondary N) is 2. The van der Waals surface area contributed by atoms with E-state index in [0.717, 1.165) is 5.56 Å². The summed E-state index contributed by atoms with van der Waals surface area (Å²) >= 11 is 0. The summed E-state index contributed by atoms with van der Waals surface area (Å²) in [4.78, 5) is 19.0. The van der Waals surface area contributed by atoms with Crippen molar-refractivity contribution >= 4 is 28.7 Å². The van der Waals surface area contributed by atoms with Crippen molar-refractivity contribution in [1.82, 2.24) is 9.97 Å². The van der Waals surface area contributed by atoms with Gasteiger partial charge in [0.2, 0.25) is 11.6 Å². The summed E-state index contributed by atoms with van der Waals surface area (Å²) in [6, 6.07) is 16.7. The molecular weight excluding hydrogens is 306 g/mol. The molecule has 0 radical (unpaired) electrons. The highest BCUT2D eigenvalue weighted by Crippen LogP contribution is 2.32. The molecule has 0 unspecified atom stereocenters. The summed E-state index contributed by atoms with van der Waals surface area (Å²) in [6.07, 6.45) is 1.29. The van der Waals surface area contributed by atoms with Crippen molar-refractivity contribution in [3.05, 3.63) is 76.6 Å². The Morgan fingerprint density at radius 3 is 1.96 bits per heavy atom. The standard InChI is InChI=1S/C17H15N5O2/c1-12-7-9-14(10-8-12)21-17-15(22(23)24)16(18-11-19-17)20-13-5-3-2-4-6-13/h2-11H,1H3,(H2,18,19,20,21). The van der Waals surface area contributed by atoms with Crippen LogP contribution in [-0.2, 0) is 0 Å². The number of anilines is 4. The van der Waals surface area contributed by atoms with E-state index in [0.29, 0.717) is 11.4 Å². The lowest BCUT2D eigenvalue weighted by Gasteiger charge is -2.10. The Balaban J connectivity index is 1.96. The summed E-state index contributed by atoms with van der Waals surface area (Å²) in [6.45, 7) is 1.97. The molecule has 0 aliphatic carbocycles. The molecule has 7 heteroatoms. The summed E-state index contributed by atoms with van der Waals surface area (Å²) in [5.41, 5.74) is 2.32. The van der Waals surface area contributed by atoms with Gasteiger partial charge in [0, 0.05) is 11.4 Å². The number of nitrogens with zero attached hydrogens (tertiary/aromatic N) is 3. The normalized spacial score (nSPS) is 10.2. The van der Waals surface area contributed by atoms with Gasteiger partial charge in [0.25, 0.3) is 0 Å². The van der Waals surface area contributed by atoms with Crippen molar-refractivity contribution < 1.29 is 4.92 Å².